The molecule has 0 aliphatic carbocycles. The van der Waals surface area contributed by atoms with E-state index in [0.29, 0.717) is 11.6 Å². The minimum atomic E-state index is 0.522. The SMILES string of the molecule is CC(C)c1ccc(SCc2cccnc2C#N)cc1. The minimum absolute atomic E-state index is 0.522. The Labute approximate surface area is 118 Å². The lowest BCUT2D eigenvalue weighted by atomic mass is 10.0. The van der Waals surface area contributed by atoms with Crippen LogP contribution in [-0.4, -0.2) is 4.98 Å². The summed E-state index contributed by atoms with van der Waals surface area (Å²) < 4.78 is 0. The Hall–Kier alpha value is -1.79. The van der Waals surface area contributed by atoms with Crippen molar-refractivity contribution >= 4 is 11.8 Å². The van der Waals surface area contributed by atoms with E-state index in [1.807, 2.05) is 12.1 Å². The zero-order valence-corrected chi connectivity index (χ0v) is 11.9. The van der Waals surface area contributed by atoms with Gasteiger partial charge in [-0.25, -0.2) is 4.98 Å². The molecule has 2 aromatic rings. The van der Waals surface area contributed by atoms with Gasteiger partial charge in [0.1, 0.15) is 11.8 Å². The van der Waals surface area contributed by atoms with Crippen molar-refractivity contribution in [2.45, 2.75) is 30.4 Å². The maximum Gasteiger partial charge on any atom is 0.144 e. The van der Waals surface area contributed by atoms with Crippen molar-refractivity contribution in [1.82, 2.24) is 4.98 Å². The van der Waals surface area contributed by atoms with Crippen LogP contribution in [0.25, 0.3) is 0 Å². The summed E-state index contributed by atoms with van der Waals surface area (Å²) in [6.45, 7) is 4.38. The van der Waals surface area contributed by atoms with Gasteiger partial charge in [-0.15, -0.1) is 11.8 Å². The lowest BCUT2D eigenvalue weighted by molar-refractivity contribution is 0.865. The van der Waals surface area contributed by atoms with Gasteiger partial charge in [0, 0.05) is 16.8 Å². The average molecular weight is 268 g/mol. The summed E-state index contributed by atoms with van der Waals surface area (Å²) in [6.07, 6.45) is 1.66. The third-order valence-electron chi connectivity index (χ3n) is 2.94. The van der Waals surface area contributed by atoms with Crippen molar-refractivity contribution < 1.29 is 0 Å². The molecular weight excluding hydrogens is 252 g/mol. The average Bonchev–Trinajstić information content (AvgIpc) is 2.45. The van der Waals surface area contributed by atoms with Crippen molar-refractivity contribution in [2.75, 3.05) is 0 Å². The van der Waals surface area contributed by atoms with Gasteiger partial charge in [-0.1, -0.05) is 32.0 Å². The summed E-state index contributed by atoms with van der Waals surface area (Å²) in [6, 6.07) is 14.6. The molecule has 0 aliphatic heterocycles. The highest BCUT2D eigenvalue weighted by atomic mass is 32.2. The summed E-state index contributed by atoms with van der Waals surface area (Å²) in [5.41, 5.74) is 2.86. The zero-order valence-electron chi connectivity index (χ0n) is 11.1. The summed E-state index contributed by atoms with van der Waals surface area (Å²) in [7, 11) is 0. The van der Waals surface area contributed by atoms with Gasteiger partial charge in [0.05, 0.1) is 0 Å². The number of pyridine rings is 1. The smallest absolute Gasteiger partial charge is 0.144 e. The molecule has 0 saturated carbocycles. The van der Waals surface area contributed by atoms with Crippen LogP contribution < -0.4 is 0 Å². The van der Waals surface area contributed by atoms with E-state index in [9.17, 15) is 0 Å². The number of hydrogen-bond acceptors (Lipinski definition) is 3. The number of thioether (sulfide) groups is 1. The number of aromatic nitrogens is 1. The van der Waals surface area contributed by atoms with Gasteiger partial charge < -0.3 is 0 Å². The Balaban J connectivity index is 2.04. The second-order valence-corrected chi connectivity index (χ2v) is 5.68. The van der Waals surface area contributed by atoms with Crippen LogP contribution >= 0.6 is 11.8 Å². The Morgan fingerprint density at radius 3 is 2.58 bits per heavy atom. The first-order chi connectivity index (χ1) is 9.20. The number of rotatable bonds is 4. The van der Waals surface area contributed by atoms with E-state index in [1.165, 1.54) is 10.5 Å². The number of nitrogens with zero attached hydrogens (tertiary/aromatic N) is 2. The predicted molar refractivity (Wildman–Crippen MR) is 79.0 cm³/mol. The fourth-order valence-corrected chi connectivity index (χ4v) is 2.65. The fraction of sp³-hybridized carbons (Fsp3) is 0.250. The molecule has 0 N–H and O–H groups in total. The standard InChI is InChI=1S/C16H16N2S/c1-12(2)13-5-7-15(8-6-13)19-11-14-4-3-9-18-16(14)10-17/h3-9,12H,11H2,1-2H3. The van der Waals surface area contributed by atoms with Crippen LogP contribution in [0.3, 0.4) is 0 Å². The molecule has 1 aromatic heterocycles. The normalized spacial score (nSPS) is 10.4. The lowest BCUT2D eigenvalue weighted by Crippen LogP contribution is -1.91. The highest BCUT2D eigenvalue weighted by Gasteiger charge is 2.04. The first kappa shape index (κ1) is 13.6. The maximum absolute atomic E-state index is 8.99. The Morgan fingerprint density at radius 1 is 1.21 bits per heavy atom. The third kappa shape index (κ3) is 3.59. The maximum atomic E-state index is 8.99. The van der Waals surface area contributed by atoms with Crippen molar-refractivity contribution in [3.05, 3.63) is 59.4 Å². The number of benzene rings is 1. The highest BCUT2D eigenvalue weighted by molar-refractivity contribution is 7.98. The molecular formula is C16H16N2S. The molecule has 0 unspecified atom stereocenters. The Bertz CT molecular complexity index is 582. The predicted octanol–water partition coefficient (Wildman–Crippen LogP) is 4.37. The molecule has 1 aromatic carbocycles. The van der Waals surface area contributed by atoms with Crippen molar-refractivity contribution in [3.8, 4) is 6.07 Å². The second kappa shape index (κ2) is 6.40. The minimum Gasteiger partial charge on any atom is -0.245 e. The molecule has 96 valence electrons. The van der Waals surface area contributed by atoms with E-state index >= 15 is 0 Å². The van der Waals surface area contributed by atoms with Crippen LogP contribution in [0.1, 0.15) is 36.6 Å². The van der Waals surface area contributed by atoms with Gasteiger partial charge in [0.25, 0.3) is 0 Å². The summed E-state index contributed by atoms with van der Waals surface area (Å²) >= 11 is 1.73. The lowest BCUT2D eigenvalue weighted by Gasteiger charge is -2.07. The molecule has 0 spiro atoms. The molecule has 0 aliphatic rings. The first-order valence-electron chi connectivity index (χ1n) is 6.27. The molecule has 0 radical (unpaired) electrons. The summed E-state index contributed by atoms with van der Waals surface area (Å²) in [5, 5.41) is 8.99. The zero-order chi connectivity index (χ0) is 13.7. The van der Waals surface area contributed by atoms with Crippen LogP contribution in [-0.2, 0) is 5.75 Å². The molecule has 0 fully saturated rings. The van der Waals surface area contributed by atoms with Crippen LogP contribution in [0.4, 0.5) is 0 Å². The van der Waals surface area contributed by atoms with Crippen molar-refractivity contribution in [3.63, 3.8) is 0 Å². The number of nitriles is 1. The largest absolute Gasteiger partial charge is 0.245 e. The Morgan fingerprint density at radius 2 is 1.95 bits per heavy atom. The molecule has 0 amide bonds. The van der Waals surface area contributed by atoms with Crippen LogP contribution in [0.2, 0.25) is 0 Å². The van der Waals surface area contributed by atoms with Gasteiger partial charge >= 0.3 is 0 Å². The van der Waals surface area contributed by atoms with E-state index in [0.717, 1.165) is 11.3 Å². The van der Waals surface area contributed by atoms with E-state index in [4.69, 9.17) is 5.26 Å². The highest BCUT2D eigenvalue weighted by Crippen LogP contribution is 2.25. The van der Waals surface area contributed by atoms with Crippen molar-refractivity contribution in [1.29, 1.82) is 5.26 Å². The van der Waals surface area contributed by atoms with E-state index in [-0.39, 0.29) is 0 Å². The molecule has 19 heavy (non-hydrogen) atoms. The Kier molecular flexibility index (Phi) is 4.59. The van der Waals surface area contributed by atoms with Gasteiger partial charge in [-0.2, -0.15) is 5.26 Å². The van der Waals surface area contributed by atoms with Crippen LogP contribution in [0.15, 0.2) is 47.5 Å². The van der Waals surface area contributed by atoms with Gasteiger partial charge in [-0.05, 0) is 35.2 Å². The quantitative estimate of drug-likeness (QED) is 0.773. The van der Waals surface area contributed by atoms with Gasteiger partial charge in [-0.3, -0.25) is 0 Å². The first-order valence-corrected chi connectivity index (χ1v) is 7.26. The van der Waals surface area contributed by atoms with E-state index < -0.39 is 0 Å². The molecule has 2 nitrogen and oxygen atoms in total. The number of hydrogen-bond donors (Lipinski definition) is 0. The van der Waals surface area contributed by atoms with Gasteiger partial charge in [0.15, 0.2) is 0 Å². The van der Waals surface area contributed by atoms with Crippen LogP contribution in [0.5, 0.6) is 0 Å². The molecule has 1 heterocycles. The summed E-state index contributed by atoms with van der Waals surface area (Å²) in [5.74, 6) is 1.33. The van der Waals surface area contributed by atoms with E-state index in [2.05, 4.69) is 49.2 Å². The molecule has 3 heteroatoms. The molecule has 2 rings (SSSR count). The van der Waals surface area contributed by atoms with Crippen molar-refractivity contribution in [2.24, 2.45) is 0 Å². The van der Waals surface area contributed by atoms with Gasteiger partial charge in [0.2, 0.25) is 0 Å². The summed E-state index contributed by atoms with van der Waals surface area (Å²) in [4.78, 5) is 5.29. The molecule has 0 saturated heterocycles. The van der Waals surface area contributed by atoms with Crippen LogP contribution in [0, 0.1) is 11.3 Å². The molecule has 0 bridgehead atoms. The molecule has 0 atom stereocenters. The third-order valence-corrected chi connectivity index (χ3v) is 4.00. The topological polar surface area (TPSA) is 36.7 Å². The fourth-order valence-electron chi connectivity index (χ4n) is 1.77. The second-order valence-electron chi connectivity index (χ2n) is 4.64. The monoisotopic (exact) mass is 268 g/mol. The van der Waals surface area contributed by atoms with E-state index in [1.54, 1.807) is 18.0 Å².